The Hall–Kier alpha value is -0.240. The molecule has 6 aliphatic heterocycles. The van der Waals surface area contributed by atoms with Crippen molar-refractivity contribution in [3.63, 3.8) is 0 Å². The highest BCUT2D eigenvalue weighted by atomic mass is 15.3. The summed E-state index contributed by atoms with van der Waals surface area (Å²) >= 11 is 0. The van der Waals surface area contributed by atoms with Gasteiger partial charge in [-0.25, -0.2) is 0 Å². The first-order valence-electron chi connectivity index (χ1n) is 26.7. The highest BCUT2D eigenvalue weighted by Crippen LogP contribution is 2.63. The maximum atomic E-state index is 4.00. The van der Waals surface area contributed by atoms with Crippen molar-refractivity contribution in [3.8, 4) is 0 Å². The summed E-state index contributed by atoms with van der Waals surface area (Å²) in [6.07, 6.45) is 23.7. The molecule has 6 heterocycles. The lowest BCUT2D eigenvalue weighted by Crippen LogP contribution is -2.63. The Balaban J connectivity index is 0.906. The zero-order chi connectivity index (χ0) is 39.4. The first-order valence-corrected chi connectivity index (χ1v) is 26.7. The second-order valence-electron chi connectivity index (χ2n) is 24.4. The first kappa shape index (κ1) is 40.5. The van der Waals surface area contributed by atoms with Crippen molar-refractivity contribution in [3.05, 3.63) is 0 Å². The molecule has 5 aliphatic carbocycles. The molecule has 24 unspecified atom stereocenters. The fourth-order valence-corrected chi connectivity index (χ4v) is 20.8. The van der Waals surface area contributed by atoms with Crippen LogP contribution in [0.5, 0.6) is 0 Å². The lowest BCUT2D eigenvalue weighted by Gasteiger charge is -2.57. The quantitative estimate of drug-likeness (QED) is 0.230. The molecule has 11 rings (SSSR count). The molecule has 11 fully saturated rings. The van der Waals surface area contributed by atoms with Crippen LogP contribution in [0.25, 0.3) is 0 Å². The minimum atomic E-state index is 0.709. The number of nitrogens with one attached hydrogen (secondary N) is 4. The van der Waals surface area contributed by atoms with Gasteiger partial charge in [-0.05, 0) is 198 Å². The maximum Gasteiger partial charge on any atom is 0.0223 e. The molecule has 328 valence electrons. The van der Waals surface area contributed by atoms with Crippen LogP contribution in [0.4, 0.5) is 0 Å². The van der Waals surface area contributed by atoms with Gasteiger partial charge in [0.1, 0.15) is 0 Å². The third-order valence-electron chi connectivity index (χ3n) is 22.0. The lowest BCUT2D eigenvalue weighted by atomic mass is 9.57. The average Bonchev–Trinajstić information content (AvgIpc) is 3.73. The number of nitrogens with zero attached hydrogens (tertiary/aromatic N) is 2. The second kappa shape index (κ2) is 16.4. The van der Waals surface area contributed by atoms with Crippen molar-refractivity contribution in [1.82, 2.24) is 31.1 Å². The molecular weight excluding hydrogens is 709 g/mol. The summed E-state index contributed by atoms with van der Waals surface area (Å²) in [5.41, 5.74) is 0. The number of hydrogen-bond acceptors (Lipinski definition) is 6. The van der Waals surface area contributed by atoms with Gasteiger partial charge in [0.25, 0.3) is 0 Å². The summed E-state index contributed by atoms with van der Waals surface area (Å²) in [7, 11) is 0. The Bertz CT molecular complexity index is 1310. The molecule has 0 radical (unpaired) electrons. The molecule has 0 spiro atoms. The van der Waals surface area contributed by atoms with Crippen LogP contribution in [0, 0.1) is 94.7 Å². The van der Waals surface area contributed by atoms with Crippen molar-refractivity contribution in [1.29, 1.82) is 0 Å². The van der Waals surface area contributed by atoms with Crippen LogP contribution in [0.2, 0.25) is 0 Å². The predicted molar refractivity (Wildman–Crippen MR) is 239 cm³/mol. The van der Waals surface area contributed by atoms with Crippen molar-refractivity contribution in [2.24, 2.45) is 94.7 Å². The normalized spacial score (nSPS) is 57.6. The summed E-state index contributed by atoms with van der Waals surface area (Å²) in [5, 5.41) is 16.0. The predicted octanol–water partition coefficient (Wildman–Crippen LogP) is 8.27. The van der Waals surface area contributed by atoms with E-state index in [0.29, 0.717) is 12.1 Å². The smallest absolute Gasteiger partial charge is 0.0223 e. The fourth-order valence-electron chi connectivity index (χ4n) is 20.8. The van der Waals surface area contributed by atoms with E-state index in [1.165, 1.54) is 129 Å². The second-order valence-corrected chi connectivity index (χ2v) is 24.4. The zero-order valence-electron chi connectivity index (χ0n) is 38.3. The molecule has 0 aromatic carbocycles. The molecule has 4 N–H and O–H groups in total. The van der Waals surface area contributed by atoms with E-state index < -0.39 is 0 Å². The Labute approximate surface area is 356 Å². The summed E-state index contributed by atoms with van der Waals surface area (Å²) < 4.78 is 0. The van der Waals surface area contributed by atoms with E-state index >= 15 is 0 Å². The van der Waals surface area contributed by atoms with Gasteiger partial charge in [0, 0.05) is 61.4 Å². The molecular formula is C52H90N6. The van der Waals surface area contributed by atoms with Crippen molar-refractivity contribution >= 4 is 0 Å². The highest BCUT2D eigenvalue weighted by molar-refractivity contribution is 5.18. The van der Waals surface area contributed by atoms with Gasteiger partial charge in [0.05, 0.1) is 0 Å². The molecule has 6 heteroatoms. The summed E-state index contributed by atoms with van der Waals surface area (Å²) in [6.45, 7) is 23.9. The van der Waals surface area contributed by atoms with E-state index in [4.69, 9.17) is 0 Å². The number of hydrogen-bond donors (Lipinski definition) is 4. The van der Waals surface area contributed by atoms with E-state index in [-0.39, 0.29) is 0 Å². The van der Waals surface area contributed by atoms with Crippen molar-refractivity contribution in [2.45, 2.75) is 193 Å². The van der Waals surface area contributed by atoms with Crippen LogP contribution in [0.15, 0.2) is 0 Å². The third-order valence-corrected chi connectivity index (χ3v) is 22.0. The molecule has 11 aliphatic rings. The van der Waals surface area contributed by atoms with Crippen LogP contribution in [-0.2, 0) is 0 Å². The minimum absolute atomic E-state index is 0.709. The number of rotatable bonds is 4. The monoisotopic (exact) mass is 799 g/mol. The Morgan fingerprint density at radius 2 is 0.776 bits per heavy atom. The first-order chi connectivity index (χ1) is 28.3. The highest BCUT2D eigenvalue weighted by Gasteiger charge is 2.66. The lowest BCUT2D eigenvalue weighted by molar-refractivity contribution is -0.0789. The van der Waals surface area contributed by atoms with Gasteiger partial charge in [-0.2, -0.15) is 0 Å². The van der Waals surface area contributed by atoms with E-state index in [1.807, 2.05) is 0 Å². The average molecular weight is 799 g/mol. The molecule has 6 saturated heterocycles. The van der Waals surface area contributed by atoms with Crippen LogP contribution in [0.1, 0.15) is 144 Å². The van der Waals surface area contributed by atoms with Crippen LogP contribution in [-0.4, -0.2) is 97.4 Å². The topological polar surface area (TPSA) is 54.6 Å². The van der Waals surface area contributed by atoms with Crippen LogP contribution in [0.3, 0.4) is 0 Å². The Morgan fingerprint density at radius 3 is 1.22 bits per heavy atom. The SMILES string of the molecule is CC1CC(C)C(N2C3CCCCC3C3C4C5CCCCC5N(C5C(C)CC(C)C(C6CNCC7NCCCC76)C5C)C4CCC32)C(C)C1C1CNCC2NCCCC21. The Kier molecular flexibility index (Phi) is 11.5. The largest absolute Gasteiger partial charge is 0.315 e. The van der Waals surface area contributed by atoms with Gasteiger partial charge < -0.3 is 21.3 Å². The van der Waals surface area contributed by atoms with E-state index in [2.05, 4.69) is 72.6 Å². The van der Waals surface area contributed by atoms with Gasteiger partial charge in [-0.3, -0.25) is 9.80 Å². The van der Waals surface area contributed by atoms with Crippen LogP contribution < -0.4 is 21.3 Å². The Morgan fingerprint density at radius 1 is 0.362 bits per heavy atom. The van der Waals surface area contributed by atoms with Crippen molar-refractivity contribution < 1.29 is 0 Å². The number of likely N-dealkylation sites (tertiary alicyclic amines) is 2. The third kappa shape index (κ3) is 6.47. The zero-order valence-corrected chi connectivity index (χ0v) is 38.3. The standard InChI is InChI=1S/C52H90N6/c1-29-23-31(3)51(33(5)47(29)39-25-53-27-41-35(39)15-11-21-55-41)57-43-17-9-7-13-37(43)49-45(57)19-20-46-50(49)38-14-8-10-18-44(38)58(46)52-32(4)24-30(2)48(34(52)6)40-26-54-28-42-36(40)16-12-22-56-42/h29-56H,7-28H2,1-6H3. The van der Waals surface area contributed by atoms with Gasteiger partial charge in [-0.1, -0.05) is 67.2 Å². The van der Waals surface area contributed by atoms with Gasteiger partial charge >= 0.3 is 0 Å². The minimum Gasteiger partial charge on any atom is -0.315 e. The van der Waals surface area contributed by atoms with E-state index in [1.54, 1.807) is 12.8 Å². The molecule has 0 aromatic rings. The van der Waals surface area contributed by atoms with E-state index in [0.717, 1.165) is 131 Å². The fraction of sp³-hybridized carbons (Fsp3) is 1.00. The molecule has 24 atom stereocenters. The summed E-state index contributed by atoms with van der Waals surface area (Å²) in [5.74, 6) is 14.0. The summed E-state index contributed by atoms with van der Waals surface area (Å²) in [6, 6.07) is 6.44. The molecule has 6 nitrogen and oxygen atoms in total. The molecule has 0 amide bonds. The summed E-state index contributed by atoms with van der Waals surface area (Å²) in [4.78, 5) is 6.89. The van der Waals surface area contributed by atoms with E-state index in [9.17, 15) is 0 Å². The van der Waals surface area contributed by atoms with Gasteiger partial charge in [0.15, 0.2) is 0 Å². The van der Waals surface area contributed by atoms with Gasteiger partial charge in [0.2, 0.25) is 0 Å². The number of fused-ring (bicyclic) bond motifs is 9. The molecule has 5 saturated carbocycles. The number of piperidine rings is 4. The van der Waals surface area contributed by atoms with Gasteiger partial charge in [-0.15, -0.1) is 0 Å². The maximum absolute atomic E-state index is 4.00. The van der Waals surface area contributed by atoms with Crippen molar-refractivity contribution in [2.75, 3.05) is 39.3 Å². The van der Waals surface area contributed by atoms with Crippen LogP contribution >= 0.6 is 0 Å². The molecule has 58 heavy (non-hydrogen) atoms. The molecule has 0 bridgehead atoms. The molecule has 0 aromatic heterocycles.